The van der Waals surface area contributed by atoms with E-state index in [1.54, 1.807) is 24.4 Å². The number of aryl methyl sites for hydroxylation is 1. The van der Waals surface area contributed by atoms with Gasteiger partial charge in [-0.15, -0.1) is 9.78 Å². The molecular formula is C13H13N7O2. The first kappa shape index (κ1) is 12.5. The van der Waals surface area contributed by atoms with E-state index < -0.39 is 5.69 Å². The van der Waals surface area contributed by atoms with Gasteiger partial charge in [-0.05, 0) is 22.1 Å². The lowest BCUT2D eigenvalue weighted by Gasteiger charge is -2.10. The van der Waals surface area contributed by atoms with Crippen LogP contribution >= 0.6 is 0 Å². The summed E-state index contributed by atoms with van der Waals surface area (Å²) < 4.78 is 15.1. The largest absolute Gasteiger partial charge is 0.472 e. The van der Waals surface area contributed by atoms with E-state index in [9.17, 15) is 4.79 Å². The molecule has 0 spiro atoms. The van der Waals surface area contributed by atoms with Crippen molar-refractivity contribution in [3.8, 4) is 11.7 Å². The van der Waals surface area contributed by atoms with Crippen LogP contribution in [0.5, 0.6) is 5.88 Å². The number of hydrogen-bond acceptors (Lipinski definition) is 6. The smallest absolute Gasteiger partial charge is 0.369 e. The second-order valence-corrected chi connectivity index (χ2v) is 4.36. The first-order chi connectivity index (χ1) is 11.1. The van der Waals surface area contributed by atoms with Crippen molar-refractivity contribution in [1.82, 2.24) is 35.0 Å². The predicted octanol–water partition coefficient (Wildman–Crippen LogP) is 0.306. The lowest BCUT2D eigenvalue weighted by Crippen LogP contribution is -2.24. The van der Waals surface area contributed by atoms with Crippen molar-refractivity contribution in [2.45, 2.75) is 6.61 Å². The molecule has 1 N–H and O–H groups in total. The van der Waals surface area contributed by atoms with Crippen molar-refractivity contribution < 1.29 is 6.15 Å². The van der Waals surface area contributed by atoms with Crippen molar-refractivity contribution >= 4 is 6.08 Å². The van der Waals surface area contributed by atoms with Crippen molar-refractivity contribution in [1.29, 1.82) is 0 Å². The summed E-state index contributed by atoms with van der Waals surface area (Å²) in [6, 6.07) is 3.31. The van der Waals surface area contributed by atoms with Crippen molar-refractivity contribution in [2.24, 2.45) is 7.05 Å². The maximum Gasteiger partial charge on any atom is 0.369 e. The fourth-order valence-electron chi connectivity index (χ4n) is 1.91. The molecule has 0 amide bonds. The summed E-state index contributed by atoms with van der Waals surface area (Å²) in [5, 5.41) is 12.2. The third-order valence-corrected chi connectivity index (χ3v) is 3.02. The standard InChI is InChI=1S/C13H13N7O2/c1-3-9-4-6-14-12(20-13(21)19(2)17-18-20)10(9)8-22-11-5-7-15-16-11/h3-7H,1,8H2,2H3,(H,15,16)/i/hT. The zero-order chi connectivity index (χ0) is 16.4. The Labute approximate surface area is 126 Å². The highest BCUT2D eigenvalue weighted by Crippen LogP contribution is 2.18. The van der Waals surface area contributed by atoms with E-state index in [0.29, 0.717) is 11.4 Å². The second kappa shape index (κ2) is 5.64. The maximum absolute atomic E-state index is 12.1. The van der Waals surface area contributed by atoms with Gasteiger partial charge in [0.25, 0.3) is 0 Å². The molecule has 0 radical (unpaired) electrons. The molecular weight excluding hydrogens is 286 g/mol. The number of aromatic amines is 1. The van der Waals surface area contributed by atoms with E-state index in [1.165, 1.54) is 13.2 Å². The molecule has 0 aromatic carbocycles. The lowest BCUT2D eigenvalue weighted by atomic mass is 10.1. The van der Waals surface area contributed by atoms with Crippen LogP contribution in [0.2, 0.25) is 1.41 Å². The van der Waals surface area contributed by atoms with Gasteiger partial charge in [0.2, 0.25) is 5.88 Å². The molecule has 0 saturated carbocycles. The molecule has 3 aromatic rings. The Morgan fingerprint density at radius 1 is 1.50 bits per heavy atom. The van der Waals surface area contributed by atoms with Gasteiger partial charge >= 0.3 is 5.69 Å². The SMILES string of the molecule is [3H]n1ccc(OCc2c(C=C)ccnc2-n2nnn(C)c2=O)n1. The zero-order valence-electron chi connectivity index (χ0n) is 12.7. The normalized spacial score (nSPS) is 11.2. The molecule has 0 bridgehead atoms. The Bertz CT molecular complexity index is 911. The number of rotatable bonds is 5. The highest BCUT2D eigenvalue weighted by molar-refractivity contribution is 5.55. The van der Waals surface area contributed by atoms with Crippen molar-refractivity contribution in [3.05, 3.63) is 52.7 Å². The second-order valence-electron chi connectivity index (χ2n) is 4.36. The van der Waals surface area contributed by atoms with Gasteiger partial charge in [-0.25, -0.2) is 9.78 Å². The van der Waals surface area contributed by atoms with E-state index in [-0.39, 0.29) is 12.5 Å². The van der Waals surface area contributed by atoms with Gasteiger partial charge in [0, 0.05) is 31.1 Å². The van der Waals surface area contributed by atoms with Gasteiger partial charge in [-0.3, -0.25) is 5.09 Å². The average molecular weight is 301 g/mol. The molecule has 3 rings (SSSR count). The topological polar surface area (TPSA) is 104 Å². The van der Waals surface area contributed by atoms with Crippen LogP contribution in [-0.4, -0.2) is 35.0 Å². The minimum atomic E-state index is -0.421. The monoisotopic (exact) mass is 301 g/mol. The molecule has 0 atom stereocenters. The van der Waals surface area contributed by atoms with E-state index in [4.69, 9.17) is 6.15 Å². The highest BCUT2D eigenvalue weighted by atomic mass is 16.5. The molecule has 9 nitrogen and oxygen atoms in total. The van der Waals surface area contributed by atoms with E-state index in [1.807, 2.05) is 0 Å². The average Bonchev–Trinajstić information content (AvgIpc) is 3.11. The number of aromatic nitrogens is 7. The van der Waals surface area contributed by atoms with Crippen LogP contribution in [0.3, 0.4) is 0 Å². The molecule has 112 valence electrons. The Kier molecular flexibility index (Phi) is 3.21. The Balaban J connectivity index is 2.01. The number of pyridine rings is 1. The number of nitrogens with zero attached hydrogens (tertiary/aromatic N) is 6. The zero-order valence-corrected chi connectivity index (χ0v) is 11.7. The Morgan fingerprint density at radius 3 is 3.00 bits per heavy atom. The number of hydrogen-bond donors (Lipinski definition) is 1. The summed E-state index contributed by atoms with van der Waals surface area (Å²) >= 11 is 0. The predicted molar refractivity (Wildman–Crippen MR) is 77.4 cm³/mol. The number of nitrogens with one attached hydrogen (secondary N) is 1. The summed E-state index contributed by atoms with van der Waals surface area (Å²) in [6.45, 7) is 3.84. The van der Waals surface area contributed by atoms with Crippen LogP contribution in [0.1, 0.15) is 11.1 Å². The Morgan fingerprint density at radius 2 is 2.36 bits per heavy atom. The fourth-order valence-corrected chi connectivity index (χ4v) is 1.91. The first-order valence-electron chi connectivity index (χ1n) is 6.82. The molecule has 9 heteroatoms. The van der Waals surface area contributed by atoms with Crippen LogP contribution in [0.4, 0.5) is 0 Å². The summed E-state index contributed by atoms with van der Waals surface area (Å²) in [5.41, 5.74) is 0.942. The van der Waals surface area contributed by atoms with Gasteiger partial charge in [0.1, 0.15) is 6.61 Å². The number of tetrazole rings is 1. The fraction of sp³-hybridized carbons (Fsp3) is 0.154. The summed E-state index contributed by atoms with van der Waals surface area (Å²) in [5.74, 6) is 0.599. The maximum atomic E-state index is 12.1. The number of ether oxygens (including phenoxy) is 1. The molecule has 3 aromatic heterocycles. The third-order valence-electron chi connectivity index (χ3n) is 3.02. The molecule has 0 unspecified atom stereocenters. The minimum absolute atomic E-state index is 0.0879. The molecule has 0 aliphatic rings. The summed E-state index contributed by atoms with van der Waals surface area (Å²) in [7, 11) is 1.50. The van der Waals surface area contributed by atoms with Gasteiger partial charge in [0.05, 0.1) is 0 Å². The van der Waals surface area contributed by atoms with Crippen LogP contribution < -0.4 is 10.4 Å². The quantitative estimate of drug-likeness (QED) is 0.727. The van der Waals surface area contributed by atoms with Crippen LogP contribution in [0, 0.1) is 0 Å². The number of H-pyrrole nitrogens is 1. The van der Waals surface area contributed by atoms with Crippen LogP contribution in [0.25, 0.3) is 11.9 Å². The minimum Gasteiger partial charge on any atom is -0.472 e. The van der Waals surface area contributed by atoms with E-state index >= 15 is 0 Å². The molecule has 3 heterocycles. The third kappa shape index (κ3) is 2.39. The van der Waals surface area contributed by atoms with Crippen LogP contribution in [0.15, 0.2) is 35.9 Å². The highest BCUT2D eigenvalue weighted by Gasteiger charge is 2.15. The first-order valence-corrected chi connectivity index (χ1v) is 6.37. The van der Waals surface area contributed by atoms with E-state index in [0.717, 1.165) is 20.0 Å². The molecule has 0 saturated heterocycles. The van der Waals surface area contributed by atoms with Crippen molar-refractivity contribution in [3.63, 3.8) is 0 Å². The van der Waals surface area contributed by atoms with Crippen LogP contribution in [-0.2, 0) is 13.7 Å². The van der Waals surface area contributed by atoms with Gasteiger partial charge in [0.15, 0.2) is 7.23 Å². The lowest BCUT2D eigenvalue weighted by molar-refractivity contribution is 0.292. The van der Waals surface area contributed by atoms with Gasteiger partial charge in [-0.2, -0.15) is 4.68 Å². The molecule has 0 aliphatic heterocycles. The van der Waals surface area contributed by atoms with Crippen molar-refractivity contribution in [2.75, 3.05) is 0 Å². The summed E-state index contributed by atoms with van der Waals surface area (Å²) in [4.78, 5) is 16.3. The molecule has 0 fully saturated rings. The summed E-state index contributed by atoms with van der Waals surface area (Å²) in [6.07, 6.45) is 4.63. The Hall–Kier alpha value is -3.23. The van der Waals surface area contributed by atoms with E-state index in [2.05, 4.69) is 27.1 Å². The molecule has 0 aliphatic carbocycles. The molecule has 22 heavy (non-hydrogen) atoms. The van der Waals surface area contributed by atoms with Gasteiger partial charge < -0.3 is 4.74 Å². The van der Waals surface area contributed by atoms with Gasteiger partial charge in [-0.1, -0.05) is 12.7 Å².